The second-order valence-electron chi connectivity index (χ2n) is 3.57. The summed E-state index contributed by atoms with van der Waals surface area (Å²) in [6.07, 6.45) is 0.614. The van der Waals surface area contributed by atoms with Crippen molar-refractivity contribution in [2.75, 3.05) is 7.11 Å². The van der Waals surface area contributed by atoms with Gasteiger partial charge in [0.1, 0.15) is 0 Å². The van der Waals surface area contributed by atoms with E-state index in [0.29, 0.717) is 6.42 Å². The van der Waals surface area contributed by atoms with E-state index < -0.39 is 11.4 Å². The fraction of sp³-hybridized carbons (Fsp3) is 0.750. The average Bonchev–Trinajstić information content (AvgIpc) is 2.53. The summed E-state index contributed by atoms with van der Waals surface area (Å²) in [5.74, 6) is -0.398. The zero-order chi connectivity index (χ0) is 8.70. The van der Waals surface area contributed by atoms with Gasteiger partial charge in [-0.25, -0.2) is 0 Å². The van der Waals surface area contributed by atoms with Gasteiger partial charge in [-0.15, -0.1) is 0 Å². The minimum atomic E-state index is -0.859. The molecule has 1 saturated carbocycles. The summed E-state index contributed by atoms with van der Waals surface area (Å²) in [6.45, 7) is 3.79. The van der Waals surface area contributed by atoms with E-state index in [1.165, 1.54) is 7.11 Å². The van der Waals surface area contributed by atoms with Crippen LogP contribution in [0.15, 0.2) is 0 Å². The third-order valence-corrected chi connectivity index (χ3v) is 2.46. The summed E-state index contributed by atoms with van der Waals surface area (Å²) in [5.41, 5.74) is -1.06. The molecule has 0 aliphatic heterocycles. The number of ether oxygens (including phenoxy) is 1. The van der Waals surface area contributed by atoms with Gasteiger partial charge in [-0.1, -0.05) is 13.8 Å². The van der Waals surface area contributed by atoms with Crippen LogP contribution in [0.5, 0.6) is 0 Å². The summed E-state index contributed by atoms with van der Waals surface area (Å²) in [6, 6.07) is 2.02. The molecule has 1 unspecified atom stereocenters. The molecule has 1 rings (SSSR count). The number of nitriles is 1. The third-order valence-electron chi connectivity index (χ3n) is 2.46. The largest absolute Gasteiger partial charge is 0.468 e. The number of esters is 1. The maximum absolute atomic E-state index is 11.1. The highest BCUT2D eigenvalue weighted by Gasteiger charge is 2.68. The van der Waals surface area contributed by atoms with Crippen molar-refractivity contribution in [2.45, 2.75) is 20.3 Å². The number of hydrogen-bond donors (Lipinski definition) is 0. The molecule has 1 aliphatic carbocycles. The van der Waals surface area contributed by atoms with Crippen LogP contribution >= 0.6 is 0 Å². The first-order valence-corrected chi connectivity index (χ1v) is 3.50. The average molecular weight is 153 g/mol. The molecule has 3 heteroatoms. The Morgan fingerprint density at radius 3 is 2.18 bits per heavy atom. The molecule has 1 fully saturated rings. The molecule has 3 nitrogen and oxygen atoms in total. The van der Waals surface area contributed by atoms with Crippen molar-refractivity contribution < 1.29 is 9.53 Å². The van der Waals surface area contributed by atoms with Crippen molar-refractivity contribution in [2.24, 2.45) is 10.8 Å². The molecule has 0 radical (unpaired) electrons. The van der Waals surface area contributed by atoms with E-state index in [-0.39, 0.29) is 5.41 Å². The molecule has 0 N–H and O–H groups in total. The van der Waals surface area contributed by atoms with Gasteiger partial charge in [0.15, 0.2) is 5.41 Å². The standard InChI is InChI=1S/C8H11NO2/c1-7(2)4-8(7,5-9)6(10)11-3/h4H2,1-3H3. The lowest BCUT2D eigenvalue weighted by Gasteiger charge is -2.07. The maximum Gasteiger partial charge on any atom is 0.326 e. The number of rotatable bonds is 1. The second-order valence-corrected chi connectivity index (χ2v) is 3.57. The molecular weight excluding hydrogens is 142 g/mol. The summed E-state index contributed by atoms with van der Waals surface area (Å²) < 4.78 is 4.54. The number of nitrogens with zero attached hydrogens (tertiary/aromatic N) is 1. The summed E-state index contributed by atoms with van der Waals surface area (Å²) >= 11 is 0. The highest BCUT2D eigenvalue weighted by Crippen LogP contribution is 2.63. The minimum Gasteiger partial charge on any atom is -0.468 e. The molecule has 0 aromatic rings. The zero-order valence-corrected chi connectivity index (χ0v) is 6.97. The quantitative estimate of drug-likeness (QED) is 0.530. The fourth-order valence-corrected chi connectivity index (χ4v) is 1.38. The predicted molar refractivity (Wildman–Crippen MR) is 38.5 cm³/mol. The first-order chi connectivity index (χ1) is 5.00. The molecular formula is C8H11NO2. The lowest BCUT2D eigenvalue weighted by atomic mass is 9.98. The van der Waals surface area contributed by atoms with Gasteiger partial charge in [0.05, 0.1) is 13.2 Å². The van der Waals surface area contributed by atoms with Crippen molar-refractivity contribution in [1.29, 1.82) is 5.26 Å². The Bertz CT molecular complexity index is 239. The minimum absolute atomic E-state index is 0.200. The SMILES string of the molecule is COC(=O)C1(C#N)CC1(C)C. The van der Waals surface area contributed by atoms with Gasteiger partial charge in [0.25, 0.3) is 0 Å². The monoisotopic (exact) mass is 153 g/mol. The molecule has 0 heterocycles. The van der Waals surface area contributed by atoms with Crippen LogP contribution in [-0.2, 0) is 9.53 Å². The number of hydrogen-bond acceptors (Lipinski definition) is 3. The van der Waals surface area contributed by atoms with E-state index in [4.69, 9.17) is 5.26 Å². The Kier molecular flexibility index (Phi) is 1.45. The summed E-state index contributed by atoms with van der Waals surface area (Å²) in [7, 11) is 1.32. The molecule has 0 spiro atoms. The van der Waals surface area contributed by atoms with E-state index in [1.54, 1.807) is 0 Å². The molecule has 0 saturated heterocycles. The van der Waals surface area contributed by atoms with Crippen LogP contribution in [0.3, 0.4) is 0 Å². The Hall–Kier alpha value is -1.04. The molecule has 11 heavy (non-hydrogen) atoms. The first-order valence-electron chi connectivity index (χ1n) is 3.50. The first kappa shape index (κ1) is 8.06. The third kappa shape index (κ3) is 0.823. The number of carbonyl (C=O) groups excluding carboxylic acids is 1. The van der Waals surface area contributed by atoms with Gasteiger partial charge in [0, 0.05) is 0 Å². The number of methoxy groups -OCH3 is 1. The maximum atomic E-state index is 11.1. The van der Waals surface area contributed by atoms with Gasteiger partial charge in [-0.05, 0) is 11.8 Å². The topological polar surface area (TPSA) is 50.1 Å². The molecule has 0 amide bonds. The van der Waals surface area contributed by atoms with Crippen LogP contribution < -0.4 is 0 Å². The van der Waals surface area contributed by atoms with Gasteiger partial charge in [-0.2, -0.15) is 5.26 Å². The van der Waals surface area contributed by atoms with Gasteiger partial charge in [0.2, 0.25) is 0 Å². The Balaban J connectivity index is 2.86. The van der Waals surface area contributed by atoms with Crippen LogP contribution in [-0.4, -0.2) is 13.1 Å². The summed E-state index contributed by atoms with van der Waals surface area (Å²) in [5, 5.41) is 8.74. The van der Waals surface area contributed by atoms with E-state index in [0.717, 1.165) is 0 Å². The summed E-state index contributed by atoms with van der Waals surface area (Å²) in [4.78, 5) is 11.1. The molecule has 1 aliphatic rings. The highest BCUT2D eigenvalue weighted by molar-refractivity contribution is 5.85. The lowest BCUT2D eigenvalue weighted by Crippen LogP contribution is -2.20. The fourth-order valence-electron chi connectivity index (χ4n) is 1.38. The number of carbonyl (C=O) groups is 1. The lowest BCUT2D eigenvalue weighted by molar-refractivity contribution is -0.145. The molecule has 0 bridgehead atoms. The van der Waals surface area contributed by atoms with Crippen LogP contribution in [0.25, 0.3) is 0 Å². The zero-order valence-electron chi connectivity index (χ0n) is 6.97. The van der Waals surface area contributed by atoms with E-state index in [1.807, 2.05) is 19.9 Å². The van der Waals surface area contributed by atoms with Crippen LogP contribution in [0.1, 0.15) is 20.3 Å². The Morgan fingerprint density at radius 1 is 1.64 bits per heavy atom. The normalized spacial score (nSPS) is 32.2. The molecule has 0 aromatic carbocycles. The van der Waals surface area contributed by atoms with Gasteiger partial charge in [-0.3, -0.25) is 4.79 Å². The van der Waals surface area contributed by atoms with Crippen molar-refractivity contribution >= 4 is 5.97 Å². The molecule has 1 atom stereocenters. The van der Waals surface area contributed by atoms with Crippen molar-refractivity contribution in [3.63, 3.8) is 0 Å². The molecule has 0 aromatic heterocycles. The van der Waals surface area contributed by atoms with Gasteiger partial charge >= 0.3 is 5.97 Å². The van der Waals surface area contributed by atoms with Gasteiger partial charge < -0.3 is 4.74 Å². The Labute approximate surface area is 66.0 Å². The van der Waals surface area contributed by atoms with E-state index >= 15 is 0 Å². The predicted octanol–water partition coefficient (Wildman–Crippen LogP) is 1.10. The highest BCUT2D eigenvalue weighted by atomic mass is 16.5. The van der Waals surface area contributed by atoms with E-state index in [9.17, 15) is 4.79 Å². The van der Waals surface area contributed by atoms with Crippen molar-refractivity contribution in [1.82, 2.24) is 0 Å². The Morgan fingerprint density at radius 2 is 2.09 bits per heavy atom. The smallest absolute Gasteiger partial charge is 0.326 e. The van der Waals surface area contributed by atoms with E-state index in [2.05, 4.69) is 4.74 Å². The van der Waals surface area contributed by atoms with Crippen LogP contribution in [0.4, 0.5) is 0 Å². The van der Waals surface area contributed by atoms with Crippen LogP contribution in [0, 0.1) is 22.2 Å². The van der Waals surface area contributed by atoms with Crippen molar-refractivity contribution in [3.05, 3.63) is 0 Å². The molecule has 60 valence electrons. The van der Waals surface area contributed by atoms with Crippen molar-refractivity contribution in [3.8, 4) is 6.07 Å². The second kappa shape index (κ2) is 1.97. The van der Waals surface area contributed by atoms with Crippen LogP contribution in [0.2, 0.25) is 0 Å².